The van der Waals surface area contributed by atoms with Gasteiger partial charge < -0.3 is 14.8 Å². The van der Waals surface area contributed by atoms with Crippen molar-refractivity contribution in [2.75, 3.05) is 27.3 Å². The molecule has 19 heavy (non-hydrogen) atoms. The number of carbonyl (C=O) groups is 1. The Morgan fingerprint density at radius 3 is 2.58 bits per heavy atom. The van der Waals surface area contributed by atoms with Crippen LogP contribution in [0.5, 0.6) is 11.5 Å². The molecule has 0 bridgehead atoms. The molecule has 1 saturated heterocycles. The maximum atomic E-state index is 12.6. The SMILES string of the molecule is COc1ccc(C(=O)C2CNCC2C)c(OC)c1Br. The lowest BCUT2D eigenvalue weighted by atomic mass is 9.89. The summed E-state index contributed by atoms with van der Waals surface area (Å²) in [6, 6.07) is 3.56. The molecule has 1 aliphatic rings. The number of methoxy groups -OCH3 is 2. The molecule has 1 aromatic carbocycles. The fraction of sp³-hybridized carbons (Fsp3) is 0.500. The van der Waals surface area contributed by atoms with E-state index >= 15 is 0 Å². The van der Waals surface area contributed by atoms with E-state index < -0.39 is 0 Å². The highest BCUT2D eigenvalue weighted by molar-refractivity contribution is 9.10. The van der Waals surface area contributed by atoms with Crippen LogP contribution >= 0.6 is 15.9 Å². The van der Waals surface area contributed by atoms with Crippen LogP contribution < -0.4 is 14.8 Å². The first-order valence-corrected chi connectivity index (χ1v) is 7.04. The lowest BCUT2D eigenvalue weighted by Gasteiger charge is -2.17. The van der Waals surface area contributed by atoms with E-state index in [-0.39, 0.29) is 11.7 Å². The molecule has 4 nitrogen and oxygen atoms in total. The number of hydrogen-bond acceptors (Lipinski definition) is 4. The topological polar surface area (TPSA) is 47.6 Å². The summed E-state index contributed by atoms with van der Waals surface area (Å²) in [5.74, 6) is 1.68. The first-order chi connectivity index (χ1) is 9.10. The summed E-state index contributed by atoms with van der Waals surface area (Å²) < 4.78 is 11.3. The zero-order valence-electron chi connectivity index (χ0n) is 11.3. The van der Waals surface area contributed by atoms with Crippen molar-refractivity contribution in [2.45, 2.75) is 6.92 Å². The molecule has 104 valence electrons. The molecule has 1 aliphatic heterocycles. The van der Waals surface area contributed by atoms with Crippen molar-refractivity contribution >= 4 is 21.7 Å². The summed E-state index contributed by atoms with van der Waals surface area (Å²) in [6.45, 7) is 3.70. The molecule has 2 atom stereocenters. The predicted molar refractivity (Wildman–Crippen MR) is 77.1 cm³/mol. The summed E-state index contributed by atoms with van der Waals surface area (Å²) in [5, 5.41) is 3.25. The smallest absolute Gasteiger partial charge is 0.171 e. The van der Waals surface area contributed by atoms with Crippen LogP contribution in [-0.4, -0.2) is 33.1 Å². The summed E-state index contributed by atoms with van der Waals surface area (Å²) in [5.41, 5.74) is 0.607. The molecule has 1 fully saturated rings. The van der Waals surface area contributed by atoms with E-state index in [1.807, 2.05) is 0 Å². The van der Waals surface area contributed by atoms with Crippen molar-refractivity contribution in [3.63, 3.8) is 0 Å². The second kappa shape index (κ2) is 5.92. The summed E-state index contributed by atoms with van der Waals surface area (Å²) >= 11 is 3.43. The van der Waals surface area contributed by atoms with Crippen molar-refractivity contribution in [1.82, 2.24) is 5.32 Å². The van der Waals surface area contributed by atoms with Crippen LogP contribution in [0.4, 0.5) is 0 Å². The molecule has 0 aromatic heterocycles. The standard InChI is InChI=1S/C14H18BrNO3/c1-8-6-16-7-10(8)13(17)9-4-5-11(18-2)12(15)14(9)19-3/h4-5,8,10,16H,6-7H2,1-3H3. The van der Waals surface area contributed by atoms with Gasteiger partial charge in [-0.25, -0.2) is 0 Å². The summed E-state index contributed by atoms with van der Waals surface area (Å²) in [6.07, 6.45) is 0. The first kappa shape index (κ1) is 14.3. The molecular formula is C14H18BrNO3. The lowest BCUT2D eigenvalue weighted by Crippen LogP contribution is -2.22. The second-order valence-corrected chi connectivity index (χ2v) is 5.56. The van der Waals surface area contributed by atoms with Crippen molar-refractivity contribution in [3.8, 4) is 11.5 Å². The minimum absolute atomic E-state index is 0.00851. The molecule has 1 N–H and O–H groups in total. The van der Waals surface area contributed by atoms with E-state index in [1.165, 1.54) is 0 Å². The monoisotopic (exact) mass is 327 g/mol. The van der Waals surface area contributed by atoms with Gasteiger partial charge in [0.05, 0.1) is 19.8 Å². The van der Waals surface area contributed by atoms with Crippen LogP contribution in [0.25, 0.3) is 0 Å². The summed E-state index contributed by atoms with van der Waals surface area (Å²) in [4.78, 5) is 12.6. The molecule has 2 rings (SSSR count). The predicted octanol–water partition coefficient (Wildman–Crippen LogP) is 2.50. The number of carbonyl (C=O) groups excluding carboxylic acids is 1. The van der Waals surface area contributed by atoms with Crippen LogP contribution in [0.2, 0.25) is 0 Å². The van der Waals surface area contributed by atoms with Gasteiger partial charge in [0.25, 0.3) is 0 Å². The zero-order valence-corrected chi connectivity index (χ0v) is 12.9. The highest BCUT2D eigenvalue weighted by Gasteiger charge is 2.32. The number of rotatable bonds is 4. The van der Waals surface area contributed by atoms with Crippen LogP contribution in [-0.2, 0) is 0 Å². The van der Waals surface area contributed by atoms with Gasteiger partial charge in [0.2, 0.25) is 0 Å². The maximum Gasteiger partial charge on any atom is 0.171 e. The Hall–Kier alpha value is -1.07. The number of nitrogens with one attached hydrogen (secondary N) is 1. The van der Waals surface area contributed by atoms with Crippen LogP contribution in [0.1, 0.15) is 17.3 Å². The van der Waals surface area contributed by atoms with E-state index in [1.54, 1.807) is 26.4 Å². The van der Waals surface area contributed by atoms with Gasteiger partial charge in [0.15, 0.2) is 5.78 Å². The average Bonchev–Trinajstić information content (AvgIpc) is 2.83. The first-order valence-electron chi connectivity index (χ1n) is 6.25. The Labute approximate surface area is 121 Å². The Bertz CT molecular complexity index is 490. The molecule has 5 heteroatoms. The number of halogens is 1. The highest BCUT2D eigenvalue weighted by Crippen LogP contribution is 2.38. The highest BCUT2D eigenvalue weighted by atomic mass is 79.9. The third-order valence-electron chi connectivity index (χ3n) is 3.61. The normalized spacial score (nSPS) is 22.3. The number of benzene rings is 1. The number of Topliss-reactive ketones (excluding diaryl/α,β-unsaturated/α-hetero) is 1. The number of hydrogen-bond donors (Lipinski definition) is 1. The van der Waals surface area contributed by atoms with E-state index in [4.69, 9.17) is 9.47 Å². The van der Waals surface area contributed by atoms with Crippen molar-refractivity contribution < 1.29 is 14.3 Å². The van der Waals surface area contributed by atoms with Gasteiger partial charge in [-0.1, -0.05) is 6.92 Å². The number of ketones is 1. The van der Waals surface area contributed by atoms with E-state index in [9.17, 15) is 4.79 Å². The van der Waals surface area contributed by atoms with Crippen molar-refractivity contribution in [2.24, 2.45) is 11.8 Å². The van der Waals surface area contributed by atoms with Gasteiger partial charge in [-0.05, 0) is 40.5 Å². The fourth-order valence-electron chi connectivity index (χ4n) is 2.45. The van der Waals surface area contributed by atoms with E-state index in [0.717, 1.165) is 13.1 Å². The van der Waals surface area contributed by atoms with Gasteiger partial charge in [-0.2, -0.15) is 0 Å². The van der Waals surface area contributed by atoms with Crippen LogP contribution in [0, 0.1) is 11.8 Å². The Kier molecular flexibility index (Phi) is 4.47. The maximum absolute atomic E-state index is 12.6. The van der Waals surface area contributed by atoms with Gasteiger partial charge in [-0.15, -0.1) is 0 Å². The fourth-order valence-corrected chi connectivity index (χ4v) is 3.12. The molecule has 1 aromatic rings. The second-order valence-electron chi connectivity index (χ2n) is 4.77. The third-order valence-corrected chi connectivity index (χ3v) is 4.36. The van der Waals surface area contributed by atoms with Crippen molar-refractivity contribution in [3.05, 3.63) is 22.2 Å². The van der Waals surface area contributed by atoms with Gasteiger partial charge in [0.1, 0.15) is 16.0 Å². The van der Waals surface area contributed by atoms with E-state index in [0.29, 0.717) is 27.5 Å². The number of ether oxygens (including phenoxy) is 2. The largest absolute Gasteiger partial charge is 0.495 e. The van der Waals surface area contributed by atoms with Crippen LogP contribution in [0.15, 0.2) is 16.6 Å². The summed E-state index contributed by atoms with van der Waals surface area (Å²) in [7, 11) is 3.15. The molecule has 0 radical (unpaired) electrons. The average molecular weight is 328 g/mol. The van der Waals surface area contributed by atoms with Crippen molar-refractivity contribution in [1.29, 1.82) is 0 Å². The molecule has 0 amide bonds. The minimum Gasteiger partial charge on any atom is -0.495 e. The minimum atomic E-state index is 0.00851. The van der Waals surface area contributed by atoms with E-state index in [2.05, 4.69) is 28.2 Å². The zero-order chi connectivity index (χ0) is 14.0. The molecule has 1 heterocycles. The Morgan fingerprint density at radius 1 is 1.32 bits per heavy atom. The Balaban J connectivity index is 2.39. The van der Waals surface area contributed by atoms with Gasteiger partial charge in [-0.3, -0.25) is 4.79 Å². The Morgan fingerprint density at radius 2 is 2.05 bits per heavy atom. The van der Waals surface area contributed by atoms with Gasteiger partial charge >= 0.3 is 0 Å². The van der Waals surface area contributed by atoms with Crippen LogP contribution in [0.3, 0.4) is 0 Å². The molecule has 2 unspecified atom stereocenters. The molecule has 0 spiro atoms. The molecular weight excluding hydrogens is 310 g/mol. The third kappa shape index (κ3) is 2.62. The lowest BCUT2D eigenvalue weighted by molar-refractivity contribution is 0.0904. The molecule has 0 saturated carbocycles. The quantitative estimate of drug-likeness (QED) is 0.863. The van der Waals surface area contributed by atoms with Gasteiger partial charge in [0, 0.05) is 12.5 Å². The molecule has 0 aliphatic carbocycles.